The molecule has 1 aliphatic heterocycles. The number of ether oxygens (including phenoxy) is 5. The number of benzene rings is 3. The van der Waals surface area contributed by atoms with Crippen LogP contribution in [0.1, 0.15) is 43.5 Å². The van der Waals surface area contributed by atoms with E-state index in [0.717, 1.165) is 9.13 Å². The van der Waals surface area contributed by atoms with Crippen LogP contribution in [0.4, 0.5) is 0 Å². The van der Waals surface area contributed by atoms with E-state index in [4.69, 9.17) is 46.9 Å². The Morgan fingerprint density at radius 2 is 1.79 bits per heavy atom. The molecule has 0 bridgehead atoms. The molecular formula is C34H30BrCl2IN2O7S. The highest BCUT2D eigenvalue weighted by molar-refractivity contribution is 14.1. The Balaban J connectivity index is 1.62. The molecular weight excluding hydrogens is 858 g/mol. The van der Waals surface area contributed by atoms with Gasteiger partial charge in [0.25, 0.3) is 5.56 Å². The first-order valence-electron chi connectivity index (χ1n) is 14.6. The van der Waals surface area contributed by atoms with Crippen molar-refractivity contribution in [2.75, 3.05) is 27.4 Å². The van der Waals surface area contributed by atoms with Crippen LogP contribution >= 0.6 is 73.1 Å². The van der Waals surface area contributed by atoms with Crippen LogP contribution in [0.2, 0.25) is 10.0 Å². The molecule has 9 nitrogen and oxygen atoms in total. The van der Waals surface area contributed by atoms with Crippen molar-refractivity contribution in [3.63, 3.8) is 0 Å². The fourth-order valence-electron chi connectivity index (χ4n) is 5.18. The fraction of sp³-hybridized carbons (Fsp3) is 0.265. The summed E-state index contributed by atoms with van der Waals surface area (Å²) >= 11 is 19.4. The van der Waals surface area contributed by atoms with E-state index in [1.807, 2.05) is 19.1 Å². The SMILES string of the molecule is CCOC(=O)C1=C(C)N=c2s/c(=C/c3cc(I)c(OCc4ccc(Cl)cc4Cl)c(OC)c3)c(=O)n2[C@@H]1c1cc(OC)c(OCC)cc1Br. The lowest BCUT2D eigenvalue weighted by Crippen LogP contribution is -2.40. The van der Waals surface area contributed by atoms with E-state index in [1.165, 1.54) is 23.0 Å². The molecule has 14 heteroatoms. The first-order valence-corrected chi connectivity index (χ1v) is 18.1. The molecule has 0 unspecified atom stereocenters. The van der Waals surface area contributed by atoms with Crippen molar-refractivity contribution in [3.8, 4) is 23.0 Å². The van der Waals surface area contributed by atoms with Gasteiger partial charge in [-0.05, 0) is 97.0 Å². The fourth-order valence-corrected chi connectivity index (χ4v) is 8.01. The summed E-state index contributed by atoms with van der Waals surface area (Å²) in [6, 6.07) is 11.6. The van der Waals surface area contributed by atoms with Crippen molar-refractivity contribution in [1.29, 1.82) is 0 Å². The lowest BCUT2D eigenvalue weighted by Gasteiger charge is -2.26. The van der Waals surface area contributed by atoms with Gasteiger partial charge in [0, 0.05) is 20.1 Å². The van der Waals surface area contributed by atoms with Gasteiger partial charge in [0.05, 0.1) is 52.8 Å². The predicted octanol–water partition coefficient (Wildman–Crippen LogP) is 7.47. The minimum absolute atomic E-state index is 0.160. The van der Waals surface area contributed by atoms with Crippen LogP contribution < -0.4 is 33.8 Å². The molecule has 0 radical (unpaired) electrons. The first kappa shape index (κ1) is 36.2. The maximum absolute atomic E-state index is 14.2. The zero-order valence-electron chi connectivity index (χ0n) is 26.5. The molecule has 0 amide bonds. The first-order chi connectivity index (χ1) is 23.0. The van der Waals surface area contributed by atoms with Crippen molar-refractivity contribution in [2.24, 2.45) is 4.99 Å². The lowest BCUT2D eigenvalue weighted by molar-refractivity contribution is -0.139. The van der Waals surface area contributed by atoms with Crippen molar-refractivity contribution >= 4 is 85.1 Å². The Kier molecular flexibility index (Phi) is 11.8. The minimum atomic E-state index is -0.855. The van der Waals surface area contributed by atoms with Gasteiger partial charge in [-0.3, -0.25) is 9.36 Å². The van der Waals surface area contributed by atoms with Gasteiger partial charge in [0.1, 0.15) is 6.61 Å². The van der Waals surface area contributed by atoms with Crippen LogP contribution in [-0.4, -0.2) is 38.0 Å². The van der Waals surface area contributed by atoms with Crippen molar-refractivity contribution < 1.29 is 28.5 Å². The number of hydrogen-bond donors (Lipinski definition) is 0. The molecule has 5 rings (SSSR count). The molecule has 0 fully saturated rings. The molecule has 0 saturated heterocycles. The molecule has 1 atom stereocenters. The summed E-state index contributed by atoms with van der Waals surface area (Å²) in [5.41, 5.74) is 2.46. The van der Waals surface area contributed by atoms with Gasteiger partial charge in [-0.15, -0.1) is 0 Å². The Labute approximate surface area is 313 Å². The zero-order chi connectivity index (χ0) is 34.7. The summed E-state index contributed by atoms with van der Waals surface area (Å²) in [6.07, 6.45) is 1.77. The largest absolute Gasteiger partial charge is 0.493 e. The van der Waals surface area contributed by atoms with Crippen molar-refractivity contribution in [3.05, 3.63) is 108 Å². The second-order valence-corrected chi connectivity index (χ2v) is 14.2. The van der Waals surface area contributed by atoms with E-state index in [2.05, 4.69) is 43.5 Å². The molecule has 3 aromatic carbocycles. The van der Waals surface area contributed by atoms with Crippen LogP contribution in [0.3, 0.4) is 0 Å². The quantitative estimate of drug-likeness (QED) is 0.114. The van der Waals surface area contributed by atoms with Crippen LogP contribution in [0.15, 0.2) is 68.0 Å². The summed E-state index contributed by atoms with van der Waals surface area (Å²) in [5.74, 6) is 1.43. The summed E-state index contributed by atoms with van der Waals surface area (Å²) in [4.78, 5) is 32.8. The maximum atomic E-state index is 14.2. The molecule has 252 valence electrons. The average molecular weight is 888 g/mol. The summed E-state index contributed by atoms with van der Waals surface area (Å²) in [6.45, 7) is 6.13. The van der Waals surface area contributed by atoms with E-state index in [1.54, 1.807) is 57.4 Å². The number of carbonyl (C=O) groups is 1. The number of halogens is 4. The summed E-state index contributed by atoms with van der Waals surface area (Å²) in [5, 5.41) is 1.04. The van der Waals surface area contributed by atoms with E-state index in [0.29, 0.717) is 70.3 Å². The zero-order valence-corrected chi connectivity index (χ0v) is 32.6. The number of aromatic nitrogens is 1. The second kappa shape index (κ2) is 15.7. The van der Waals surface area contributed by atoms with Gasteiger partial charge < -0.3 is 23.7 Å². The smallest absolute Gasteiger partial charge is 0.338 e. The van der Waals surface area contributed by atoms with E-state index in [9.17, 15) is 9.59 Å². The number of hydrogen-bond acceptors (Lipinski definition) is 9. The number of allylic oxidation sites excluding steroid dienone is 1. The van der Waals surface area contributed by atoms with Gasteiger partial charge in [0.15, 0.2) is 27.8 Å². The number of esters is 1. The van der Waals surface area contributed by atoms with Crippen molar-refractivity contribution in [1.82, 2.24) is 4.57 Å². The molecule has 1 aromatic heterocycles. The highest BCUT2D eigenvalue weighted by Crippen LogP contribution is 2.41. The molecule has 48 heavy (non-hydrogen) atoms. The molecule has 0 N–H and O–H groups in total. The molecule has 0 saturated carbocycles. The van der Waals surface area contributed by atoms with Gasteiger partial charge in [-0.2, -0.15) is 0 Å². The Morgan fingerprint density at radius 3 is 2.46 bits per heavy atom. The van der Waals surface area contributed by atoms with Crippen LogP contribution in [0.5, 0.6) is 23.0 Å². The van der Waals surface area contributed by atoms with E-state index >= 15 is 0 Å². The summed E-state index contributed by atoms with van der Waals surface area (Å²) < 4.78 is 31.9. The van der Waals surface area contributed by atoms with Crippen molar-refractivity contribution in [2.45, 2.75) is 33.4 Å². The minimum Gasteiger partial charge on any atom is -0.493 e. The topological polar surface area (TPSA) is 97.6 Å². The van der Waals surface area contributed by atoms with Gasteiger partial charge >= 0.3 is 5.97 Å². The number of rotatable bonds is 11. The number of fused-ring (bicyclic) bond motifs is 1. The number of nitrogens with zero attached hydrogens (tertiary/aromatic N) is 2. The van der Waals surface area contributed by atoms with Gasteiger partial charge in [-0.25, -0.2) is 9.79 Å². The predicted molar refractivity (Wildman–Crippen MR) is 199 cm³/mol. The van der Waals surface area contributed by atoms with E-state index < -0.39 is 12.0 Å². The second-order valence-electron chi connectivity index (χ2n) is 10.3. The monoisotopic (exact) mass is 886 g/mol. The van der Waals surface area contributed by atoms with Gasteiger partial charge in [0.2, 0.25) is 0 Å². The molecule has 4 aromatic rings. The molecule has 0 spiro atoms. The van der Waals surface area contributed by atoms with Crippen LogP contribution in [0.25, 0.3) is 6.08 Å². The van der Waals surface area contributed by atoms with Crippen LogP contribution in [0, 0.1) is 3.57 Å². The average Bonchev–Trinajstić information content (AvgIpc) is 3.34. The van der Waals surface area contributed by atoms with Crippen LogP contribution in [-0.2, 0) is 16.1 Å². The third-order valence-electron chi connectivity index (χ3n) is 7.33. The maximum Gasteiger partial charge on any atom is 0.338 e. The standard InChI is InChI=1S/C34H30BrCl2IN2O7S/c1-6-45-26-15-22(35)21(14-25(26)43-4)30-29(33(42)46-7-2)17(3)39-34-40(30)32(41)28(48-34)12-18-10-24(38)31(27(11-18)44-5)47-16-19-8-9-20(36)13-23(19)37/h8-15,30H,6-7,16H2,1-5H3/b28-12+/t30-/m1/s1. The Hall–Kier alpha value is -3.04. The van der Waals surface area contributed by atoms with E-state index in [-0.39, 0.29) is 24.3 Å². The Bertz CT molecular complexity index is 2120. The normalized spacial score (nSPS) is 14.4. The third kappa shape index (κ3) is 7.42. The molecule has 2 heterocycles. The Morgan fingerprint density at radius 1 is 1.04 bits per heavy atom. The third-order valence-corrected chi connectivity index (χ3v) is 10.4. The summed E-state index contributed by atoms with van der Waals surface area (Å²) in [7, 11) is 3.08. The number of thiazole rings is 1. The lowest BCUT2D eigenvalue weighted by atomic mass is 9.95. The highest BCUT2D eigenvalue weighted by atomic mass is 127. The highest BCUT2D eigenvalue weighted by Gasteiger charge is 2.35. The number of carbonyl (C=O) groups excluding carboxylic acids is 1. The van der Waals surface area contributed by atoms with Gasteiger partial charge in [-0.1, -0.05) is 56.5 Å². The molecule has 0 aliphatic carbocycles. The molecule has 1 aliphatic rings. The number of methoxy groups -OCH3 is 2.